The molecule has 2 heterocycles. The number of rotatable bonds is 10. The number of halogens is 1. The first-order chi connectivity index (χ1) is 17.5. The van der Waals surface area contributed by atoms with Crippen molar-refractivity contribution in [3.05, 3.63) is 86.6 Å². The van der Waals surface area contributed by atoms with Crippen LogP contribution >= 0.6 is 22.9 Å². The van der Waals surface area contributed by atoms with E-state index in [-0.39, 0.29) is 24.4 Å². The Labute approximate surface area is 221 Å². The van der Waals surface area contributed by atoms with Crippen LogP contribution in [0.5, 0.6) is 5.75 Å². The maximum Gasteiger partial charge on any atom is 0.254 e. The zero-order chi connectivity index (χ0) is 25.5. The number of carbonyl (C=O) groups is 2. The van der Waals surface area contributed by atoms with Crippen LogP contribution in [0.1, 0.15) is 38.8 Å². The molecule has 1 unspecified atom stereocenters. The van der Waals surface area contributed by atoms with Gasteiger partial charge in [-0.1, -0.05) is 35.4 Å². The van der Waals surface area contributed by atoms with E-state index >= 15 is 0 Å². The van der Waals surface area contributed by atoms with Crippen LogP contribution in [0.3, 0.4) is 0 Å². The molecule has 2 amide bonds. The molecule has 4 rings (SSSR count). The molecule has 8 heteroatoms. The van der Waals surface area contributed by atoms with Crippen LogP contribution < -0.4 is 4.74 Å². The summed E-state index contributed by atoms with van der Waals surface area (Å²) in [7, 11) is 1.62. The van der Waals surface area contributed by atoms with Gasteiger partial charge in [0.05, 0.1) is 6.04 Å². The highest BCUT2D eigenvalue weighted by Crippen LogP contribution is 2.34. The van der Waals surface area contributed by atoms with Crippen molar-refractivity contribution in [3.8, 4) is 5.75 Å². The molecule has 6 nitrogen and oxygen atoms in total. The molecule has 0 N–H and O–H groups in total. The number of ether oxygens (including phenoxy) is 2. The van der Waals surface area contributed by atoms with Gasteiger partial charge in [-0.15, -0.1) is 11.3 Å². The lowest BCUT2D eigenvalue weighted by Crippen LogP contribution is -2.48. The van der Waals surface area contributed by atoms with Gasteiger partial charge in [-0.3, -0.25) is 9.59 Å². The van der Waals surface area contributed by atoms with Crippen molar-refractivity contribution < 1.29 is 19.1 Å². The number of thiophene rings is 1. The van der Waals surface area contributed by atoms with Crippen LogP contribution in [0, 0.1) is 6.92 Å². The number of hydrogen-bond acceptors (Lipinski definition) is 5. The third kappa shape index (κ3) is 6.46. The Kier molecular flexibility index (Phi) is 9.02. The van der Waals surface area contributed by atoms with Crippen LogP contribution in [0.15, 0.2) is 60.0 Å². The van der Waals surface area contributed by atoms with E-state index in [4.69, 9.17) is 21.1 Å². The van der Waals surface area contributed by atoms with Gasteiger partial charge in [0.1, 0.15) is 18.9 Å². The molecule has 0 aliphatic carbocycles. The fourth-order valence-corrected chi connectivity index (χ4v) is 5.51. The number of hydrogen-bond donors (Lipinski definition) is 0. The van der Waals surface area contributed by atoms with Crippen molar-refractivity contribution in [3.63, 3.8) is 0 Å². The monoisotopic (exact) mass is 526 g/mol. The molecular formula is C28H31ClN2O4S. The SMILES string of the molecule is COCCCN(CC(=O)N1CCc2sccc2C1COc1ccc(C)cc1)C(=O)c1cccc(Cl)c1. The highest BCUT2D eigenvalue weighted by molar-refractivity contribution is 7.10. The fraction of sp³-hybridized carbons (Fsp3) is 0.357. The molecular weight excluding hydrogens is 496 g/mol. The molecule has 0 spiro atoms. The minimum absolute atomic E-state index is 0.0183. The van der Waals surface area contributed by atoms with Crippen molar-refractivity contribution in [2.75, 3.05) is 40.0 Å². The number of fused-ring (bicyclic) bond motifs is 1. The van der Waals surface area contributed by atoms with E-state index in [2.05, 4.69) is 11.4 Å². The smallest absolute Gasteiger partial charge is 0.254 e. The Hall–Kier alpha value is -2.87. The van der Waals surface area contributed by atoms with E-state index in [0.717, 1.165) is 23.3 Å². The number of carbonyl (C=O) groups excluding carboxylic acids is 2. The minimum Gasteiger partial charge on any atom is -0.491 e. The van der Waals surface area contributed by atoms with E-state index in [9.17, 15) is 9.59 Å². The van der Waals surface area contributed by atoms with Gasteiger partial charge >= 0.3 is 0 Å². The highest BCUT2D eigenvalue weighted by Gasteiger charge is 2.33. The molecule has 0 saturated carbocycles. The summed E-state index contributed by atoms with van der Waals surface area (Å²) in [6.45, 7) is 3.87. The van der Waals surface area contributed by atoms with Gasteiger partial charge in [0, 0.05) is 42.3 Å². The van der Waals surface area contributed by atoms with Gasteiger partial charge in [0.2, 0.25) is 5.91 Å². The average Bonchev–Trinajstić information content (AvgIpc) is 3.36. The van der Waals surface area contributed by atoms with Gasteiger partial charge in [0.25, 0.3) is 5.91 Å². The molecule has 1 aromatic heterocycles. The summed E-state index contributed by atoms with van der Waals surface area (Å²) in [5, 5.41) is 2.55. The predicted octanol–water partition coefficient (Wildman–Crippen LogP) is 5.39. The van der Waals surface area contributed by atoms with E-state index in [1.54, 1.807) is 47.6 Å². The van der Waals surface area contributed by atoms with E-state index in [1.165, 1.54) is 4.88 Å². The summed E-state index contributed by atoms with van der Waals surface area (Å²) >= 11 is 7.83. The Balaban J connectivity index is 1.52. The first kappa shape index (κ1) is 26.2. The zero-order valence-corrected chi connectivity index (χ0v) is 22.2. The van der Waals surface area contributed by atoms with E-state index in [0.29, 0.717) is 43.3 Å². The number of amides is 2. The summed E-state index contributed by atoms with van der Waals surface area (Å²) < 4.78 is 11.3. The normalized spacial score (nSPS) is 14.9. The zero-order valence-electron chi connectivity index (χ0n) is 20.6. The van der Waals surface area contributed by atoms with Crippen molar-refractivity contribution in [2.24, 2.45) is 0 Å². The molecule has 0 fully saturated rings. The van der Waals surface area contributed by atoms with Crippen molar-refractivity contribution >= 4 is 34.8 Å². The largest absolute Gasteiger partial charge is 0.491 e. The van der Waals surface area contributed by atoms with Gasteiger partial charge in [-0.2, -0.15) is 0 Å². The van der Waals surface area contributed by atoms with Crippen molar-refractivity contribution in [2.45, 2.75) is 25.8 Å². The predicted molar refractivity (Wildman–Crippen MR) is 143 cm³/mol. The summed E-state index contributed by atoms with van der Waals surface area (Å²) in [4.78, 5) is 31.7. The van der Waals surface area contributed by atoms with Crippen molar-refractivity contribution in [1.82, 2.24) is 9.80 Å². The molecule has 2 aromatic carbocycles. The number of nitrogens with zero attached hydrogens (tertiary/aromatic N) is 2. The highest BCUT2D eigenvalue weighted by atomic mass is 35.5. The van der Waals surface area contributed by atoms with Crippen LogP contribution in [0.4, 0.5) is 0 Å². The summed E-state index contributed by atoms with van der Waals surface area (Å²) in [6, 6.07) is 16.6. The Morgan fingerprint density at radius 1 is 1.17 bits per heavy atom. The molecule has 0 saturated heterocycles. The third-order valence-electron chi connectivity index (χ3n) is 6.31. The molecule has 0 radical (unpaired) electrons. The van der Waals surface area contributed by atoms with Crippen molar-refractivity contribution in [1.29, 1.82) is 0 Å². The second-order valence-electron chi connectivity index (χ2n) is 8.86. The van der Waals surface area contributed by atoms with Crippen LogP contribution in [0.25, 0.3) is 0 Å². The summed E-state index contributed by atoms with van der Waals surface area (Å²) in [6.07, 6.45) is 1.43. The molecule has 1 aliphatic rings. The second-order valence-corrected chi connectivity index (χ2v) is 10.3. The van der Waals surface area contributed by atoms with Gasteiger partial charge < -0.3 is 19.3 Å². The topological polar surface area (TPSA) is 59.1 Å². The first-order valence-electron chi connectivity index (χ1n) is 12.0. The average molecular weight is 527 g/mol. The van der Waals surface area contributed by atoms with Gasteiger partial charge in [-0.05, 0) is 67.1 Å². The Bertz CT molecular complexity index is 1180. The van der Waals surface area contributed by atoms with E-state index < -0.39 is 0 Å². The third-order valence-corrected chi connectivity index (χ3v) is 7.54. The number of benzene rings is 2. The first-order valence-corrected chi connectivity index (χ1v) is 13.3. The summed E-state index contributed by atoms with van der Waals surface area (Å²) in [5.41, 5.74) is 2.75. The quantitative estimate of drug-likeness (QED) is 0.332. The van der Waals surface area contributed by atoms with Crippen LogP contribution in [-0.2, 0) is 16.0 Å². The van der Waals surface area contributed by atoms with Gasteiger partial charge in [-0.25, -0.2) is 0 Å². The fourth-order valence-electron chi connectivity index (χ4n) is 4.39. The molecule has 1 atom stereocenters. The molecule has 3 aromatic rings. The molecule has 36 heavy (non-hydrogen) atoms. The standard InChI is InChI=1S/C28H31ClN2O4S/c1-20-7-9-23(10-8-20)35-19-25-24-12-16-36-26(24)11-14-31(25)27(32)18-30(13-4-15-34-2)28(33)21-5-3-6-22(29)17-21/h3,5-10,12,16-17,25H,4,11,13-15,18-19H2,1-2H3. The Morgan fingerprint density at radius 3 is 2.72 bits per heavy atom. The molecule has 0 bridgehead atoms. The lowest BCUT2D eigenvalue weighted by atomic mass is 10.0. The minimum atomic E-state index is -0.220. The number of aryl methyl sites for hydroxylation is 1. The Morgan fingerprint density at radius 2 is 1.97 bits per heavy atom. The molecule has 1 aliphatic heterocycles. The molecule has 190 valence electrons. The van der Waals surface area contributed by atoms with Crippen LogP contribution in [0.2, 0.25) is 5.02 Å². The lowest BCUT2D eigenvalue weighted by molar-refractivity contribution is -0.135. The number of methoxy groups -OCH3 is 1. The second kappa shape index (κ2) is 12.4. The van der Waals surface area contributed by atoms with Gasteiger partial charge in [0.15, 0.2) is 0 Å². The van der Waals surface area contributed by atoms with E-state index in [1.807, 2.05) is 36.1 Å². The maximum absolute atomic E-state index is 13.7. The lowest BCUT2D eigenvalue weighted by Gasteiger charge is -2.37. The summed E-state index contributed by atoms with van der Waals surface area (Å²) in [5.74, 6) is 0.451. The maximum atomic E-state index is 13.7. The van der Waals surface area contributed by atoms with Crippen LogP contribution in [-0.4, -0.2) is 61.6 Å².